The van der Waals surface area contributed by atoms with Crippen LogP contribution in [-0.2, 0) is 14.8 Å². The molecule has 2 aliphatic heterocycles. The summed E-state index contributed by atoms with van der Waals surface area (Å²) >= 11 is 1.69. The quantitative estimate of drug-likeness (QED) is 0.365. The predicted molar refractivity (Wildman–Crippen MR) is 157 cm³/mol. The van der Waals surface area contributed by atoms with Crippen molar-refractivity contribution in [1.29, 1.82) is 0 Å². The Labute approximate surface area is 239 Å². The highest BCUT2D eigenvalue weighted by atomic mass is 32.2. The van der Waals surface area contributed by atoms with Crippen molar-refractivity contribution in [2.45, 2.75) is 30.8 Å². The first-order valence-corrected chi connectivity index (χ1v) is 16.1. The first kappa shape index (κ1) is 28.7. The SMILES string of the molecule is CCOc1cccc2sc(N3CCN(CCNC(=O)c4ccc(S(=O)(=O)N(C)CC5CCCO5)cc4)CC3)nc12. The maximum Gasteiger partial charge on any atom is 0.251 e. The van der Waals surface area contributed by atoms with Crippen molar-refractivity contribution in [3.8, 4) is 5.75 Å². The Kier molecular flexibility index (Phi) is 9.21. The zero-order valence-corrected chi connectivity index (χ0v) is 24.7. The molecule has 40 heavy (non-hydrogen) atoms. The highest BCUT2D eigenvalue weighted by Crippen LogP contribution is 2.34. The lowest BCUT2D eigenvalue weighted by molar-refractivity contribution is 0.0947. The van der Waals surface area contributed by atoms with Crippen molar-refractivity contribution in [2.24, 2.45) is 0 Å². The van der Waals surface area contributed by atoms with Crippen LogP contribution in [0, 0.1) is 0 Å². The summed E-state index contributed by atoms with van der Waals surface area (Å²) in [5.74, 6) is 0.616. The number of aromatic nitrogens is 1. The standard InChI is InChI=1S/C28H37N5O5S2/c1-3-37-24-7-4-8-25-26(24)30-28(39-25)33-17-15-32(16-18-33)14-13-29-27(34)21-9-11-23(12-10-21)40(35,36)31(2)20-22-6-5-19-38-22/h4,7-12,22H,3,5-6,13-20H2,1-2H3,(H,29,34). The van der Waals surface area contributed by atoms with E-state index in [2.05, 4.69) is 21.2 Å². The zero-order chi connectivity index (χ0) is 28.1. The molecule has 3 heterocycles. The van der Waals surface area contributed by atoms with E-state index in [9.17, 15) is 13.2 Å². The molecule has 0 aliphatic carbocycles. The fourth-order valence-corrected chi connectivity index (χ4v) is 7.28. The Morgan fingerprint density at radius 3 is 2.65 bits per heavy atom. The van der Waals surface area contributed by atoms with E-state index in [0.29, 0.717) is 31.9 Å². The summed E-state index contributed by atoms with van der Waals surface area (Å²) in [4.78, 5) is 22.3. The van der Waals surface area contributed by atoms with Crippen LogP contribution in [0.5, 0.6) is 5.75 Å². The average Bonchev–Trinajstić information content (AvgIpc) is 3.64. The second-order valence-electron chi connectivity index (χ2n) is 10.1. The van der Waals surface area contributed by atoms with Gasteiger partial charge in [-0.05, 0) is 56.2 Å². The van der Waals surface area contributed by atoms with Crippen molar-refractivity contribution < 1.29 is 22.7 Å². The van der Waals surface area contributed by atoms with E-state index >= 15 is 0 Å². The summed E-state index contributed by atoms with van der Waals surface area (Å²) in [5.41, 5.74) is 1.36. The van der Waals surface area contributed by atoms with Gasteiger partial charge in [-0.1, -0.05) is 17.4 Å². The monoisotopic (exact) mass is 587 g/mol. The number of amides is 1. The minimum Gasteiger partial charge on any atom is -0.492 e. The lowest BCUT2D eigenvalue weighted by atomic mass is 10.2. The second kappa shape index (κ2) is 12.8. The first-order chi connectivity index (χ1) is 19.3. The van der Waals surface area contributed by atoms with Crippen LogP contribution in [0.3, 0.4) is 0 Å². The van der Waals surface area contributed by atoms with Crippen LogP contribution >= 0.6 is 11.3 Å². The Morgan fingerprint density at radius 2 is 1.95 bits per heavy atom. The Hall–Kier alpha value is -2.77. The number of piperazine rings is 1. The number of carbonyl (C=O) groups is 1. The smallest absolute Gasteiger partial charge is 0.251 e. The van der Waals surface area contributed by atoms with Gasteiger partial charge in [0.25, 0.3) is 5.91 Å². The molecular formula is C28H37N5O5S2. The van der Waals surface area contributed by atoms with Crippen LogP contribution in [0.1, 0.15) is 30.1 Å². The third-order valence-electron chi connectivity index (χ3n) is 7.34. The van der Waals surface area contributed by atoms with Gasteiger partial charge in [-0.25, -0.2) is 13.4 Å². The predicted octanol–water partition coefficient (Wildman–Crippen LogP) is 3.05. The number of para-hydroxylation sites is 1. The number of hydrogen-bond donors (Lipinski definition) is 1. The number of benzene rings is 2. The van der Waals surface area contributed by atoms with Crippen molar-refractivity contribution in [1.82, 2.24) is 19.5 Å². The van der Waals surface area contributed by atoms with Gasteiger partial charge in [-0.15, -0.1) is 0 Å². The summed E-state index contributed by atoms with van der Waals surface area (Å²) in [6, 6.07) is 12.2. The van der Waals surface area contributed by atoms with Crippen LogP contribution < -0.4 is 15.0 Å². The number of likely N-dealkylation sites (N-methyl/N-ethyl adjacent to an activating group) is 1. The maximum absolute atomic E-state index is 12.9. The van der Waals surface area contributed by atoms with Gasteiger partial charge in [-0.3, -0.25) is 9.69 Å². The molecule has 12 heteroatoms. The number of carbonyl (C=O) groups excluding carboxylic acids is 1. The summed E-state index contributed by atoms with van der Waals surface area (Å²) < 4.78 is 39.6. The lowest BCUT2D eigenvalue weighted by Crippen LogP contribution is -2.48. The van der Waals surface area contributed by atoms with Gasteiger partial charge in [0, 0.05) is 65.0 Å². The van der Waals surface area contributed by atoms with Crippen molar-refractivity contribution in [3.63, 3.8) is 0 Å². The second-order valence-corrected chi connectivity index (χ2v) is 13.1. The molecule has 3 aromatic rings. The van der Waals surface area contributed by atoms with Gasteiger partial charge in [0.15, 0.2) is 5.13 Å². The molecule has 1 aromatic heterocycles. The van der Waals surface area contributed by atoms with Crippen LogP contribution in [0.4, 0.5) is 5.13 Å². The van der Waals surface area contributed by atoms with Gasteiger partial charge >= 0.3 is 0 Å². The summed E-state index contributed by atoms with van der Waals surface area (Å²) in [6.07, 6.45) is 1.76. The topological polar surface area (TPSA) is 104 Å². The molecule has 5 rings (SSSR count). The van der Waals surface area contributed by atoms with E-state index in [0.717, 1.165) is 66.7 Å². The Morgan fingerprint density at radius 1 is 1.18 bits per heavy atom. The number of nitrogens with one attached hydrogen (secondary N) is 1. The van der Waals surface area contributed by atoms with Crippen LogP contribution in [0.25, 0.3) is 10.2 Å². The fraction of sp³-hybridized carbons (Fsp3) is 0.500. The first-order valence-electron chi connectivity index (χ1n) is 13.8. The third-order valence-corrected chi connectivity index (χ3v) is 10.3. The van der Waals surface area contributed by atoms with Crippen LogP contribution in [0.15, 0.2) is 47.4 Å². The van der Waals surface area contributed by atoms with Crippen molar-refractivity contribution in [2.75, 3.05) is 71.0 Å². The van der Waals surface area contributed by atoms with Crippen LogP contribution in [-0.4, -0.2) is 101 Å². The number of anilines is 1. The van der Waals surface area contributed by atoms with E-state index in [1.54, 1.807) is 30.5 Å². The van der Waals surface area contributed by atoms with Crippen molar-refractivity contribution in [3.05, 3.63) is 48.0 Å². The minimum absolute atomic E-state index is 0.0610. The molecule has 0 saturated carbocycles. The number of fused-ring (bicyclic) bond motifs is 1. The highest BCUT2D eigenvalue weighted by Gasteiger charge is 2.26. The molecule has 0 spiro atoms. The molecule has 216 valence electrons. The molecule has 0 radical (unpaired) electrons. The molecule has 2 fully saturated rings. The molecule has 2 aliphatic rings. The molecule has 0 bridgehead atoms. The molecule has 1 amide bonds. The molecule has 10 nitrogen and oxygen atoms in total. The van der Waals surface area contributed by atoms with Gasteiger partial charge in [0.1, 0.15) is 11.3 Å². The van der Waals surface area contributed by atoms with E-state index in [4.69, 9.17) is 14.5 Å². The summed E-state index contributed by atoms with van der Waals surface area (Å²) in [6.45, 7) is 8.37. The Balaban J connectivity index is 1.07. The molecule has 1 N–H and O–H groups in total. The van der Waals surface area contributed by atoms with E-state index in [1.165, 1.54) is 16.4 Å². The Bertz CT molecular complexity index is 1400. The molecule has 2 saturated heterocycles. The third kappa shape index (κ3) is 6.58. The number of ether oxygens (including phenoxy) is 2. The minimum atomic E-state index is -3.64. The maximum atomic E-state index is 12.9. The van der Waals surface area contributed by atoms with Gasteiger partial charge in [0.2, 0.25) is 10.0 Å². The van der Waals surface area contributed by atoms with Crippen molar-refractivity contribution >= 4 is 42.6 Å². The zero-order valence-electron chi connectivity index (χ0n) is 23.0. The van der Waals surface area contributed by atoms with Gasteiger partial charge < -0.3 is 19.7 Å². The van der Waals surface area contributed by atoms with E-state index in [-0.39, 0.29) is 16.9 Å². The van der Waals surface area contributed by atoms with Gasteiger partial charge in [0.05, 0.1) is 22.3 Å². The molecule has 2 aromatic carbocycles. The molecular weight excluding hydrogens is 550 g/mol. The molecule has 1 unspecified atom stereocenters. The number of thiazole rings is 1. The number of rotatable bonds is 11. The van der Waals surface area contributed by atoms with Crippen LogP contribution in [0.2, 0.25) is 0 Å². The van der Waals surface area contributed by atoms with E-state index in [1.807, 2.05) is 19.1 Å². The number of hydrogen-bond acceptors (Lipinski definition) is 9. The number of nitrogens with zero attached hydrogens (tertiary/aromatic N) is 4. The average molecular weight is 588 g/mol. The summed E-state index contributed by atoms with van der Waals surface area (Å²) in [7, 11) is -2.07. The molecule has 1 atom stereocenters. The highest BCUT2D eigenvalue weighted by molar-refractivity contribution is 7.89. The summed E-state index contributed by atoms with van der Waals surface area (Å²) in [5, 5.41) is 3.97. The lowest BCUT2D eigenvalue weighted by Gasteiger charge is -2.34. The largest absolute Gasteiger partial charge is 0.492 e. The van der Waals surface area contributed by atoms with Gasteiger partial charge in [-0.2, -0.15) is 4.31 Å². The number of sulfonamides is 1. The van der Waals surface area contributed by atoms with E-state index < -0.39 is 10.0 Å². The normalized spacial score (nSPS) is 18.5. The fourth-order valence-electron chi connectivity index (χ4n) is 5.04.